The fourth-order valence-corrected chi connectivity index (χ4v) is 2.34. The second-order valence-corrected chi connectivity index (χ2v) is 5.51. The number of sulfonamides is 1. The average Bonchev–Trinajstić information content (AvgIpc) is 2.33. The summed E-state index contributed by atoms with van der Waals surface area (Å²) in [5, 5.41) is 7.72. The van der Waals surface area contributed by atoms with E-state index in [2.05, 4.69) is 5.32 Å². The number of hydrogen-bond acceptors (Lipinski definition) is 4. The number of nitrogens with two attached hydrogens (primary N) is 1. The number of aryl methyl sites for hydroxylation is 1. The number of nitrogens with one attached hydrogen (secondary N) is 1. The number of carbonyl (C=O) groups is 1. The van der Waals surface area contributed by atoms with Crippen LogP contribution in [-0.4, -0.2) is 34.1 Å². The van der Waals surface area contributed by atoms with Crippen molar-refractivity contribution in [3.05, 3.63) is 29.3 Å². The zero-order chi connectivity index (χ0) is 14.5. The minimum atomic E-state index is -3.82. The van der Waals surface area contributed by atoms with Gasteiger partial charge >= 0.3 is 0 Å². The molecule has 0 saturated heterocycles. The molecule has 0 bridgehead atoms. The molecule has 0 aliphatic heterocycles. The minimum Gasteiger partial charge on any atom is -0.380 e. The van der Waals surface area contributed by atoms with E-state index in [1.54, 1.807) is 19.1 Å². The van der Waals surface area contributed by atoms with Gasteiger partial charge in [0.25, 0.3) is 5.91 Å². The van der Waals surface area contributed by atoms with Crippen molar-refractivity contribution in [2.45, 2.75) is 18.7 Å². The summed E-state index contributed by atoms with van der Waals surface area (Å²) in [6.07, 6.45) is 0. The fourth-order valence-electron chi connectivity index (χ4n) is 1.53. The molecule has 3 N–H and O–H groups in total. The lowest BCUT2D eigenvalue weighted by atomic mass is 10.1. The van der Waals surface area contributed by atoms with Crippen LogP contribution in [0.3, 0.4) is 0 Å². The highest BCUT2D eigenvalue weighted by molar-refractivity contribution is 7.89. The maximum Gasteiger partial charge on any atom is 0.251 e. The molecule has 0 saturated carbocycles. The Labute approximate surface area is 113 Å². The van der Waals surface area contributed by atoms with Crippen LogP contribution in [0, 0.1) is 6.92 Å². The molecule has 0 heterocycles. The van der Waals surface area contributed by atoms with E-state index in [9.17, 15) is 13.2 Å². The lowest BCUT2D eigenvalue weighted by Gasteiger charge is -2.08. The van der Waals surface area contributed by atoms with E-state index < -0.39 is 10.0 Å². The Morgan fingerprint density at radius 2 is 2.11 bits per heavy atom. The van der Waals surface area contributed by atoms with Crippen LogP contribution in [0.25, 0.3) is 0 Å². The topological polar surface area (TPSA) is 98.5 Å². The number of ether oxygens (including phenoxy) is 1. The Hall–Kier alpha value is -1.44. The summed E-state index contributed by atoms with van der Waals surface area (Å²) in [6, 6.07) is 4.39. The summed E-state index contributed by atoms with van der Waals surface area (Å²) in [5.74, 6) is -0.357. The molecule has 0 aliphatic rings. The van der Waals surface area contributed by atoms with E-state index in [0.29, 0.717) is 25.3 Å². The van der Waals surface area contributed by atoms with Gasteiger partial charge in [-0.2, -0.15) is 0 Å². The van der Waals surface area contributed by atoms with Gasteiger partial charge < -0.3 is 10.1 Å². The lowest BCUT2D eigenvalue weighted by Crippen LogP contribution is -2.27. The van der Waals surface area contributed by atoms with Crippen molar-refractivity contribution >= 4 is 15.9 Å². The number of primary sulfonamides is 1. The van der Waals surface area contributed by atoms with Crippen LogP contribution in [0.15, 0.2) is 23.1 Å². The second kappa shape index (κ2) is 6.65. The maximum absolute atomic E-state index is 11.8. The predicted octanol–water partition coefficient (Wildman–Crippen LogP) is 0.409. The molecule has 6 nitrogen and oxygen atoms in total. The first-order valence-electron chi connectivity index (χ1n) is 5.85. The van der Waals surface area contributed by atoms with E-state index in [4.69, 9.17) is 9.88 Å². The third-order valence-corrected chi connectivity index (χ3v) is 3.55. The van der Waals surface area contributed by atoms with Gasteiger partial charge in [0.1, 0.15) is 0 Å². The quantitative estimate of drug-likeness (QED) is 0.740. The maximum atomic E-state index is 11.8. The predicted molar refractivity (Wildman–Crippen MR) is 71.4 cm³/mol. The number of benzene rings is 1. The van der Waals surface area contributed by atoms with Crippen molar-refractivity contribution in [3.63, 3.8) is 0 Å². The van der Waals surface area contributed by atoms with Crippen molar-refractivity contribution in [3.8, 4) is 0 Å². The molecular weight excluding hydrogens is 268 g/mol. The fraction of sp³-hybridized carbons (Fsp3) is 0.417. The van der Waals surface area contributed by atoms with Gasteiger partial charge in [0, 0.05) is 18.7 Å². The van der Waals surface area contributed by atoms with Gasteiger partial charge in [-0.25, -0.2) is 13.6 Å². The van der Waals surface area contributed by atoms with Crippen molar-refractivity contribution in [2.75, 3.05) is 19.8 Å². The van der Waals surface area contributed by atoms with E-state index in [-0.39, 0.29) is 16.4 Å². The van der Waals surface area contributed by atoms with Gasteiger partial charge in [0.15, 0.2) is 0 Å². The summed E-state index contributed by atoms with van der Waals surface area (Å²) >= 11 is 0. The number of carbonyl (C=O) groups excluding carboxylic acids is 1. The largest absolute Gasteiger partial charge is 0.380 e. The zero-order valence-electron chi connectivity index (χ0n) is 11.0. The van der Waals surface area contributed by atoms with Gasteiger partial charge in [-0.05, 0) is 31.5 Å². The first-order valence-corrected chi connectivity index (χ1v) is 7.40. The lowest BCUT2D eigenvalue weighted by molar-refractivity contribution is 0.0922. The Morgan fingerprint density at radius 3 is 2.68 bits per heavy atom. The first-order chi connectivity index (χ1) is 8.86. The summed E-state index contributed by atoms with van der Waals surface area (Å²) in [6.45, 7) is 4.84. The third kappa shape index (κ3) is 4.62. The Balaban J connectivity index is 2.82. The summed E-state index contributed by atoms with van der Waals surface area (Å²) < 4.78 is 27.8. The number of rotatable bonds is 6. The van der Waals surface area contributed by atoms with E-state index in [1.165, 1.54) is 6.07 Å². The van der Waals surface area contributed by atoms with Crippen LogP contribution < -0.4 is 10.5 Å². The highest BCUT2D eigenvalue weighted by Crippen LogP contribution is 2.15. The normalized spacial score (nSPS) is 11.3. The van der Waals surface area contributed by atoms with Gasteiger partial charge in [0.2, 0.25) is 10.0 Å². The van der Waals surface area contributed by atoms with Crippen molar-refractivity contribution in [2.24, 2.45) is 5.14 Å². The van der Waals surface area contributed by atoms with Crippen LogP contribution in [0.1, 0.15) is 22.8 Å². The van der Waals surface area contributed by atoms with Crippen LogP contribution in [0.2, 0.25) is 0 Å². The molecular formula is C12H18N2O4S. The van der Waals surface area contributed by atoms with Gasteiger partial charge in [-0.1, -0.05) is 6.07 Å². The van der Waals surface area contributed by atoms with E-state index >= 15 is 0 Å². The van der Waals surface area contributed by atoms with E-state index in [1.807, 2.05) is 6.92 Å². The Kier molecular flexibility index (Phi) is 5.46. The van der Waals surface area contributed by atoms with Crippen molar-refractivity contribution < 1.29 is 17.9 Å². The molecule has 106 valence electrons. The molecule has 7 heteroatoms. The molecule has 0 aliphatic carbocycles. The molecule has 1 rings (SSSR count). The third-order valence-electron chi connectivity index (χ3n) is 2.49. The Bertz CT molecular complexity index is 555. The monoisotopic (exact) mass is 286 g/mol. The van der Waals surface area contributed by atoms with Crippen LogP contribution in [-0.2, 0) is 14.8 Å². The smallest absolute Gasteiger partial charge is 0.251 e. The van der Waals surface area contributed by atoms with Gasteiger partial charge in [-0.3, -0.25) is 4.79 Å². The van der Waals surface area contributed by atoms with Gasteiger partial charge in [-0.15, -0.1) is 0 Å². The zero-order valence-corrected chi connectivity index (χ0v) is 11.8. The summed E-state index contributed by atoms with van der Waals surface area (Å²) in [4.78, 5) is 11.8. The van der Waals surface area contributed by atoms with Crippen LogP contribution >= 0.6 is 0 Å². The number of hydrogen-bond donors (Lipinski definition) is 2. The van der Waals surface area contributed by atoms with Gasteiger partial charge in [0.05, 0.1) is 11.5 Å². The standard InChI is InChI=1S/C12H18N2O4S/c1-3-18-7-6-14-12(15)10-5-4-9(2)11(8-10)19(13,16)17/h4-5,8H,3,6-7H2,1-2H3,(H,14,15)(H2,13,16,17). The molecule has 0 atom stereocenters. The summed E-state index contributed by atoms with van der Waals surface area (Å²) in [7, 11) is -3.82. The Morgan fingerprint density at radius 1 is 1.42 bits per heavy atom. The minimum absolute atomic E-state index is 0.0371. The average molecular weight is 286 g/mol. The van der Waals surface area contributed by atoms with Crippen molar-refractivity contribution in [1.82, 2.24) is 5.32 Å². The molecule has 0 fully saturated rings. The first kappa shape index (κ1) is 15.6. The molecule has 0 spiro atoms. The SMILES string of the molecule is CCOCCNC(=O)c1ccc(C)c(S(N)(=O)=O)c1. The highest BCUT2D eigenvalue weighted by atomic mass is 32.2. The molecule has 0 radical (unpaired) electrons. The molecule has 1 aromatic rings. The summed E-state index contributed by atoms with van der Waals surface area (Å²) in [5.41, 5.74) is 0.763. The molecule has 19 heavy (non-hydrogen) atoms. The number of amides is 1. The molecule has 1 amide bonds. The second-order valence-electron chi connectivity index (χ2n) is 3.98. The molecule has 1 aromatic carbocycles. The van der Waals surface area contributed by atoms with E-state index in [0.717, 1.165) is 0 Å². The van der Waals surface area contributed by atoms with Crippen LogP contribution in [0.4, 0.5) is 0 Å². The highest BCUT2D eigenvalue weighted by Gasteiger charge is 2.14. The molecule has 0 aromatic heterocycles. The van der Waals surface area contributed by atoms with Crippen LogP contribution in [0.5, 0.6) is 0 Å². The molecule has 0 unspecified atom stereocenters. The van der Waals surface area contributed by atoms with Crippen molar-refractivity contribution in [1.29, 1.82) is 0 Å².